The molecular formula is C9H11BrF6O. The first-order valence-electron chi connectivity index (χ1n) is 4.92. The Morgan fingerprint density at radius 2 is 1.53 bits per heavy atom. The number of rotatable bonds is 4. The van der Waals surface area contributed by atoms with Crippen LogP contribution in [0.4, 0.5) is 26.3 Å². The Labute approximate surface area is 103 Å². The molecule has 0 aliphatic heterocycles. The van der Waals surface area contributed by atoms with Crippen LogP contribution in [0.5, 0.6) is 0 Å². The zero-order chi connectivity index (χ0) is 13.3. The fourth-order valence-corrected chi connectivity index (χ4v) is 2.35. The highest BCUT2D eigenvalue weighted by atomic mass is 79.9. The molecule has 0 saturated heterocycles. The van der Waals surface area contributed by atoms with Crippen LogP contribution in [0.2, 0.25) is 0 Å². The third-order valence-corrected chi connectivity index (χ3v) is 4.04. The lowest BCUT2D eigenvalue weighted by Gasteiger charge is -2.41. The molecule has 102 valence electrons. The summed E-state index contributed by atoms with van der Waals surface area (Å²) in [7, 11) is 0. The minimum Gasteiger partial charge on any atom is -0.360 e. The fourth-order valence-electron chi connectivity index (χ4n) is 1.63. The second-order valence-electron chi connectivity index (χ2n) is 4.26. The van der Waals surface area contributed by atoms with Crippen LogP contribution in [0.3, 0.4) is 0 Å². The lowest BCUT2D eigenvalue weighted by molar-refractivity contribution is -0.327. The molecule has 0 N–H and O–H groups in total. The van der Waals surface area contributed by atoms with Gasteiger partial charge in [-0.1, -0.05) is 22.4 Å². The van der Waals surface area contributed by atoms with Crippen molar-refractivity contribution in [1.29, 1.82) is 0 Å². The quantitative estimate of drug-likeness (QED) is 0.558. The van der Waals surface area contributed by atoms with Gasteiger partial charge in [-0.05, 0) is 12.8 Å². The highest BCUT2D eigenvalue weighted by Gasteiger charge is 2.58. The molecule has 0 radical (unpaired) electrons. The molecule has 0 aromatic heterocycles. The summed E-state index contributed by atoms with van der Waals surface area (Å²) >= 11 is 3.09. The maximum Gasteiger partial charge on any atom is 0.423 e. The predicted molar refractivity (Wildman–Crippen MR) is 51.9 cm³/mol. The van der Waals surface area contributed by atoms with Crippen molar-refractivity contribution in [2.24, 2.45) is 5.41 Å². The van der Waals surface area contributed by atoms with Gasteiger partial charge in [0, 0.05) is 10.7 Å². The molecule has 0 aromatic carbocycles. The first kappa shape index (κ1) is 15.1. The van der Waals surface area contributed by atoms with E-state index in [0.29, 0.717) is 18.2 Å². The molecule has 0 unspecified atom stereocenters. The summed E-state index contributed by atoms with van der Waals surface area (Å²) in [6.07, 6.45) is -12.6. The van der Waals surface area contributed by atoms with Gasteiger partial charge in [0.1, 0.15) is 0 Å². The maximum absolute atomic E-state index is 12.2. The molecule has 1 rings (SSSR count). The van der Waals surface area contributed by atoms with Gasteiger partial charge < -0.3 is 4.74 Å². The van der Waals surface area contributed by atoms with E-state index in [0.717, 1.165) is 6.42 Å². The van der Waals surface area contributed by atoms with Crippen LogP contribution < -0.4 is 0 Å². The SMILES string of the molecule is FC(F)(F)C(OCC1(CBr)CCC1)C(F)(F)F. The second-order valence-corrected chi connectivity index (χ2v) is 4.82. The minimum absolute atomic E-state index is 0.350. The van der Waals surface area contributed by atoms with Gasteiger partial charge in [0.15, 0.2) is 0 Å². The molecule has 17 heavy (non-hydrogen) atoms. The average Bonchev–Trinajstić information content (AvgIpc) is 2.05. The summed E-state index contributed by atoms with van der Waals surface area (Å²) in [4.78, 5) is 0. The Kier molecular flexibility index (Phi) is 4.39. The van der Waals surface area contributed by atoms with Gasteiger partial charge >= 0.3 is 12.4 Å². The highest BCUT2D eigenvalue weighted by Crippen LogP contribution is 2.44. The van der Waals surface area contributed by atoms with Gasteiger partial charge in [0.2, 0.25) is 6.10 Å². The molecule has 0 heterocycles. The largest absolute Gasteiger partial charge is 0.423 e. The van der Waals surface area contributed by atoms with Crippen LogP contribution in [0.25, 0.3) is 0 Å². The van der Waals surface area contributed by atoms with E-state index < -0.39 is 30.5 Å². The summed E-state index contributed by atoms with van der Waals surface area (Å²) in [6, 6.07) is 0. The highest BCUT2D eigenvalue weighted by molar-refractivity contribution is 9.09. The van der Waals surface area contributed by atoms with E-state index in [4.69, 9.17) is 0 Å². The standard InChI is InChI=1S/C9H11BrF6O/c10-4-7(2-1-3-7)5-17-6(8(11,12)13)9(14,15)16/h6H,1-5H2. The molecule has 1 aliphatic rings. The molecular weight excluding hydrogens is 318 g/mol. The third kappa shape index (κ3) is 3.74. The van der Waals surface area contributed by atoms with Gasteiger partial charge in [0.05, 0.1) is 6.61 Å². The second kappa shape index (κ2) is 4.95. The van der Waals surface area contributed by atoms with Gasteiger partial charge in [-0.15, -0.1) is 0 Å². The summed E-state index contributed by atoms with van der Waals surface area (Å²) < 4.78 is 77.1. The van der Waals surface area contributed by atoms with Crippen LogP contribution in [0, 0.1) is 5.41 Å². The lowest BCUT2D eigenvalue weighted by atomic mass is 9.71. The van der Waals surface area contributed by atoms with Crippen LogP contribution in [0.15, 0.2) is 0 Å². The van der Waals surface area contributed by atoms with E-state index >= 15 is 0 Å². The molecule has 0 bridgehead atoms. The normalized spacial score (nSPS) is 20.5. The van der Waals surface area contributed by atoms with Gasteiger partial charge in [-0.3, -0.25) is 0 Å². The van der Waals surface area contributed by atoms with Crippen LogP contribution in [-0.2, 0) is 4.74 Å². The van der Waals surface area contributed by atoms with Crippen LogP contribution >= 0.6 is 15.9 Å². The molecule has 1 nitrogen and oxygen atoms in total. The van der Waals surface area contributed by atoms with E-state index in [1.54, 1.807) is 0 Å². The summed E-state index contributed by atoms with van der Waals surface area (Å²) in [5.74, 6) is 0. The van der Waals surface area contributed by atoms with Gasteiger partial charge in [-0.2, -0.15) is 26.3 Å². The van der Waals surface area contributed by atoms with E-state index in [1.165, 1.54) is 0 Å². The van der Waals surface area contributed by atoms with Crippen molar-refractivity contribution in [3.8, 4) is 0 Å². The summed E-state index contributed by atoms with van der Waals surface area (Å²) in [5.41, 5.74) is -0.575. The summed E-state index contributed by atoms with van der Waals surface area (Å²) in [6.45, 7) is -0.526. The molecule has 0 aromatic rings. The Morgan fingerprint density at radius 1 is 1.06 bits per heavy atom. The van der Waals surface area contributed by atoms with E-state index in [1.807, 2.05) is 0 Å². The zero-order valence-electron chi connectivity index (χ0n) is 8.67. The molecule has 0 spiro atoms. The number of hydrogen-bond donors (Lipinski definition) is 0. The van der Waals surface area contributed by atoms with Crippen molar-refractivity contribution < 1.29 is 31.1 Å². The molecule has 0 amide bonds. The monoisotopic (exact) mass is 328 g/mol. The molecule has 1 fully saturated rings. The average molecular weight is 329 g/mol. The van der Waals surface area contributed by atoms with E-state index in [2.05, 4.69) is 20.7 Å². The Balaban J connectivity index is 2.62. The molecule has 0 atom stereocenters. The van der Waals surface area contributed by atoms with Gasteiger partial charge in [-0.25, -0.2) is 0 Å². The van der Waals surface area contributed by atoms with Crippen molar-refractivity contribution >= 4 is 15.9 Å². The minimum atomic E-state index is -5.42. The van der Waals surface area contributed by atoms with E-state index in [9.17, 15) is 26.3 Å². The molecule has 8 heteroatoms. The smallest absolute Gasteiger partial charge is 0.360 e. The van der Waals surface area contributed by atoms with Gasteiger partial charge in [0.25, 0.3) is 0 Å². The zero-order valence-corrected chi connectivity index (χ0v) is 10.3. The number of hydrogen-bond acceptors (Lipinski definition) is 1. The van der Waals surface area contributed by atoms with Crippen LogP contribution in [-0.4, -0.2) is 30.4 Å². The van der Waals surface area contributed by atoms with Crippen molar-refractivity contribution in [3.05, 3.63) is 0 Å². The molecule has 1 aliphatic carbocycles. The van der Waals surface area contributed by atoms with Crippen LogP contribution in [0.1, 0.15) is 19.3 Å². The Morgan fingerprint density at radius 3 is 1.76 bits per heavy atom. The topological polar surface area (TPSA) is 9.23 Å². The first-order valence-corrected chi connectivity index (χ1v) is 6.04. The van der Waals surface area contributed by atoms with Crippen molar-refractivity contribution in [1.82, 2.24) is 0 Å². The lowest BCUT2D eigenvalue weighted by Crippen LogP contribution is -2.47. The maximum atomic E-state index is 12.2. The van der Waals surface area contributed by atoms with Crippen molar-refractivity contribution in [3.63, 3.8) is 0 Å². The van der Waals surface area contributed by atoms with Crippen molar-refractivity contribution in [2.75, 3.05) is 11.9 Å². The number of alkyl halides is 7. The Hall–Kier alpha value is 0.0200. The van der Waals surface area contributed by atoms with Crippen molar-refractivity contribution in [2.45, 2.75) is 37.7 Å². The fraction of sp³-hybridized carbons (Fsp3) is 1.00. The number of ether oxygens (including phenoxy) is 1. The first-order chi connectivity index (χ1) is 7.61. The number of halogens is 7. The predicted octanol–water partition coefficient (Wildman–Crippen LogP) is 4.06. The summed E-state index contributed by atoms with van der Waals surface area (Å²) in [5, 5.41) is 0.350. The van der Waals surface area contributed by atoms with E-state index in [-0.39, 0.29) is 0 Å². The third-order valence-electron chi connectivity index (χ3n) is 2.85. The molecule has 1 saturated carbocycles. The Bertz CT molecular complexity index is 238.